The van der Waals surface area contributed by atoms with E-state index in [1.807, 2.05) is 66.0 Å². The fourth-order valence-corrected chi connectivity index (χ4v) is 3.83. The minimum absolute atomic E-state index is 0.0859. The molecule has 4 rings (SSSR count). The summed E-state index contributed by atoms with van der Waals surface area (Å²) in [6.07, 6.45) is 0.820. The van der Waals surface area contributed by atoms with Gasteiger partial charge in [-0.15, -0.1) is 11.3 Å². The van der Waals surface area contributed by atoms with E-state index in [0.29, 0.717) is 12.1 Å². The Labute approximate surface area is 168 Å². The average molecular weight is 385 g/mol. The molecule has 138 valence electrons. The summed E-state index contributed by atoms with van der Waals surface area (Å²) in [6.45, 7) is 0.435. The van der Waals surface area contributed by atoms with Crippen LogP contribution in [-0.4, -0.2) is 10.9 Å². The number of carbonyl (C=O) groups is 1. The Hall–Kier alpha value is -3.24. The van der Waals surface area contributed by atoms with Crippen molar-refractivity contribution < 1.29 is 4.79 Å². The maximum absolute atomic E-state index is 12.4. The molecule has 1 aromatic heterocycles. The van der Waals surface area contributed by atoms with Crippen LogP contribution in [0.2, 0.25) is 0 Å². The summed E-state index contributed by atoms with van der Waals surface area (Å²) in [7, 11) is 0. The molecular weight excluding hydrogens is 364 g/mol. The van der Waals surface area contributed by atoms with E-state index in [2.05, 4.69) is 34.6 Å². The van der Waals surface area contributed by atoms with Gasteiger partial charge in [0.25, 0.3) is 5.91 Å². The summed E-state index contributed by atoms with van der Waals surface area (Å²) in [6, 6.07) is 28.1. The molecule has 0 bridgehead atoms. The molecule has 1 N–H and O–H groups in total. The smallest absolute Gasteiger partial charge is 0.251 e. The van der Waals surface area contributed by atoms with Gasteiger partial charge in [0.2, 0.25) is 0 Å². The second kappa shape index (κ2) is 8.63. The van der Waals surface area contributed by atoms with Crippen LogP contribution < -0.4 is 5.32 Å². The summed E-state index contributed by atoms with van der Waals surface area (Å²) in [5.74, 6) is -0.0859. The Bertz CT molecular complexity index is 1040. The molecule has 4 aromatic rings. The molecule has 0 atom stereocenters. The third kappa shape index (κ3) is 4.53. The number of aromatic nitrogens is 1. The number of thiazole rings is 1. The van der Waals surface area contributed by atoms with Crippen molar-refractivity contribution in [1.82, 2.24) is 10.3 Å². The molecule has 1 heterocycles. The zero-order valence-electron chi connectivity index (χ0n) is 15.3. The van der Waals surface area contributed by atoms with Gasteiger partial charge < -0.3 is 5.32 Å². The van der Waals surface area contributed by atoms with E-state index in [0.717, 1.165) is 28.2 Å². The summed E-state index contributed by atoms with van der Waals surface area (Å²) in [5.41, 5.74) is 5.03. The van der Waals surface area contributed by atoms with Crippen LogP contribution in [-0.2, 0) is 13.0 Å². The highest BCUT2D eigenvalue weighted by Gasteiger charge is 2.08. The van der Waals surface area contributed by atoms with Gasteiger partial charge in [0.05, 0.1) is 17.2 Å². The number of rotatable bonds is 6. The molecule has 0 saturated carbocycles. The van der Waals surface area contributed by atoms with Crippen molar-refractivity contribution in [2.45, 2.75) is 13.0 Å². The summed E-state index contributed by atoms with van der Waals surface area (Å²) < 4.78 is 0. The zero-order chi connectivity index (χ0) is 19.2. The lowest BCUT2D eigenvalue weighted by atomic mass is 10.0. The molecule has 3 nitrogen and oxygen atoms in total. The topological polar surface area (TPSA) is 42.0 Å². The third-order valence-corrected chi connectivity index (χ3v) is 5.38. The van der Waals surface area contributed by atoms with E-state index in [4.69, 9.17) is 0 Å². The van der Waals surface area contributed by atoms with Crippen molar-refractivity contribution in [3.8, 4) is 11.1 Å². The van der Waals surface area contributed by atoms with Crippen molar-refractivity contribution in [2.24, 2.45) is 0 Å². The molecule has 28 heavy (non-hydrogen) atoms. The lowest BCUT2D eigenvalue weighted by Gasteiger charge is -2.05. The van der Waals surface area contributed by atoms with Gasteiger partial charge >= 0.3 is 0 Å². The predicted octanol–water partition coefficient (Wildman–Crippen LogP) is 5.33. The Balaban J connectivity index is 1.34. The van der Waals surface area contributed by atoms with Crippen LogP contribution >= 0.6 is 11.3 Å². The number of nitrogens with one attached hydrogen (secondary N) is 1. The molecule has 0 fully saturated rings. The molecule has 0 aliphatic rings. The minimum Gasteiger partial charge on any atom is -0.346 e. The summed E-state index contributed by atoms with van der Waals surface area (Å²) >= 11 is 1.63. The Morgan fingerprint density at radius 3 is 2.18 bits per heavy atom. The van der Waals surface area contributed by atoms with Crippen molar-refractivity contribution in [3.63, 3.8) is 0 Å². The van der Waals surface area contributed by atoms with Crippen LogP contribution in [0, 0.1) is 0 Å². The maximum atomic E-state index is 12.4. The molecule has 1 amide bonds. The van der Waals surface area contributed by atoms with Crippen LogP contribution in [0.25, 0.3) is 11.1 Å². The Kier molecular flexibility index (Phi) is 5.59. The van der Waals surface area contributed by atoms with Crippen molar-refractivity contribution in [3.05, 3.63) is 112 Å². The zero-order valence-corrected chi connectivity index (χ0v) is 16.2. The predicted molar refractivity (Wildman–Crippen MR) is 114 cm³/mol. The summed E-state index contributed by atoms with van der Waals surface area (Å²) in [5, 5.41) is 6.03. The molecule has 0 saturated heterocycles. The van der Waals surface area contributed by atoms with E-state index in [-0.39, 0.29) is 5.91 Å². The number of amides is 1. The standard InChI is InChI=1S/C24H20N2OS/c27-24(21-13-11-20(12-14-21)19-9-5-2-6-10-19)25-16-22-17-28-23(26-22)15-18-7-3-1-4-8-18/h1-14,17H,15-16H2,(H,25,27). The van der Waals surface area contributed by atoms with Gasteiger partial charge in [-0.05, 0) is 28.8 Å². The first-order valence-electron chi connectivity index (χ1n) is 9.19. The van der Waals surface area contributed by atoms with Crippen molar-refractivity contribution in [2.75, 3.05) is 0 Å². The first kappa shape index (κ1) is 18.1. The molecule has 0 aliphatic heterocycles. The van der Waals surface area contributed by atoms with Gasteiger partial charge in [-0.1, -0.05) is 72.8 Å². The van der Waals surface area contributed by atoms with Gasteiger partial charge in [0, 0.05) is 17.4 Å². The van der Waals surface area contributed by atoms with Gasteiger partial charge in [0.1, 0.15) is 0 Å². The van der Waals surface area contributed by atoms with E-state index < -0.39 is 0 Å². The number of hydrogen-bond donors (Lipinski definition) is 1. The average Bonchev–Trinajstić information content (AvgIpc) is 3.21. The van der Waals surface area contributed by atoms with Crippen LogP contribution in [0.5, 0.6) is 0 Å². The highest BCUT2D eigenvalue weighted by Crippen LogP contribution is 2.19. The first-order chi connectivity index (χ1) is 13.8. The molecule has 3 aromatic carbocycles. The molecule has 0 spiro atoms. The fraction of sp³-hybridized carbons (Fsp3) is 0.0833. The van der Waals surface area contributed by atoms with E-state index >= 15 is 0 Å². The van der Waals surface area contributed by atoms with E-state index in [1.165, 1.54) is 5.56 Å². The highest BCUT2D eigenvalue weighted by molar-refractivity contribution is 7.09. The monoisotopic (exact) mass is 384 g/mol. The van der Waals surface area contributed by atoms with Gasteiger partial charge in [0.15, 0.2) is 0 Å². The van der Waals surface area contributed by atoms with Gasteiger partial charge in [-0.3, -0.25) is 4.79 Å². The van der Waals surface area contributed by atoms with E-state index in [1.54, 1.807) is 11.3 Å². The molecular formula is C24H20N2OS. The normalized spacial score (nSPS) is 10.6. The maximum Gasteiger partial charge on any atom is 0.251 e. The second-order valence-corrected chi connectivity index (χ2v) is 7.46. The quantitative estimate of drug-likeness (QED) is 0.488. The third-order valence-electron chi connectivity index (χ3n) is 4.48. The van der Waals surface area contributed by atoms with Gasteiger partial charge in [-0.25, -0.2) is 4.98 Å². The second-order valence-electron chi connectivity index (χ2n) is 6.52. The number of carbonyl (C=O) groups excluding carboxylic acids is 1. The SMILES string of the molecule is O=C(NCc1csc(Cc2ccccc2)n1)c1ccc(-c2ccccc2)cc1. The lowest BCUT2D eigenvalue weighted by molar-refractivity contribution is 0.0950. The number of benzene rings is 3. The lowest BCUT2D eigenvalue weighted by Crippen LogP contribution is -2.22. The number of hydrogen-bond acceptors (Lipinski definition) is 3. The fourth-order valence-electron chi connectivity index (χ4n) is 3.00. The number of nitrogens with zero attached hydrogens (tertiary/aromatic N) is 1. The highest BCUT2D eigenvalue weighted by atomic mass is 32.1. The van der Waals surface area contributed by atoms with Crippen LogP contribution in [0.15, 0.2) is 90.3 Å². The first-order valence-corrected chi connectivity index (χ1v) is 10.1. The largest absolute Gasteiger partial charge is 0.346 e. The summed E-state index contributed by atoms with van der Waals surface area (Å²) in [4.78, 5) is 17.1. The van der Waals surface area contributed by atoms with Crippen LogP contribution in [0.4, 0.5) is 0 Å². The van der Waals surface area contributed by atoms with E-state index in [9.17, 15) is 4.79 Å². The molecule has 0 radical (unpaired) electrons. The van der Waals surface area contributed by atoms with Gasteiger partial charge in [-0.2, -0.15) is 0 Å². The Morgan fingerprint density at radius 1 is 0.821 bits per heavy atom. The minimum atomic E-state index is -0.0859. The van der Waals surface area contributed by atoms with Crippen molar-refractivity contribution >= 4 is 17.2 Å². The molecule has 0 unspecified atom stereocenters. The van der Waals surface area contributed by atoms with Crippen molar-refractivity contribution in [1.29, 1.82) is 0 Å². The molecule has 4 heteroatoms. The van der Waals surface area contributed by atoms with Crippen LogP contribution in [0.3, 0.4) is 0 Å². The molecule has 0 aliphatic carbocycles. The van der Waals surface area contributed by atoms with Crippen LogP contribution in [0.1, 0.15) is 26.6 Å². The Morgan fingerprint density at radius 2 is 1.46 bits per heavy atom.